The highest BCUT2D eigenvalue weighted by molar-refractivity contribution is 6.17. The molecule has 0 saturated heterocycles. The standard InChI is InChI=1S/C20H21ClF2N4O2/c1-10-5-6-13(24-14(10)9-21)15(20(3,4)19(28)29)12-7-8-27-17(11(12)2)25-26-18(27)16(22)23/h5-8,15-16H,9H2,1-4H3,(H,28,29). The Balaban J connectivity index is 2.28. The zero-order valence-electron chi connectivity index (χ0n) is 16.4. The van der Waals surface area contributed by atoms with Crippen molar-refractivity contribution in [3.8, 4) is 0 Å². The number of carbonyl (C=O) groups is 1. The van der Waals surface area contributed by atoms with E-state index in [1.165, 1.54) is 10.6 Å². The smallest absolute Gasteiger partial charge is 0.310 e. The number of alkyl halides is 3. The average molecular weight is 423 g/mol. The topological polar surface area (TPSA) is 80.4 Å². The molecule has 1 unspecified atom stereocenters. The van der Waals surface area contributed by atoms with Gasteiger partial charge in [-0.3, -0.25) is 14.2 Å². The first-order valence-corrected chi connectivity index (χ1v) is 9.51. The summed E-state index contributed by atoms with van der Waals surface area (Å²) in [6.45, 7) is 6.82. The maximum absolute atomic E-state index is 13.2. The van der Waals surface area contributed by atoms with Crippen LogP contribution in [-0.4, -0.2) is 30.7 Å². The predicted molar refractivity (Wildman–Crippen MR) is 104 cm³/mol. The van der Waals surface area contributed by atoms with Crippen LogP contribution in [-0.2, 0) is 10.7 Å². The molecule has 29 heavy (non-hydrogen) atoms. The van der Waals surface area contributed by atoms with E-state index in [0.717, 1.165) is 5.56 Å². The summed E-state index contributed by atoms with van der Waals surface area (Å²) in [4.78, 5) is 16.7. The molecule has 9 heteroatoms. The first-order chi connectivity index (χ1) is 13.6. The first kappa shape index (κ1) is 21.1. The number of nitrogens with zero attached hydrogens (tertiary/aromatic N) is 4. The van der Waals surface area contributed by atoms with Crippen molar-refractivity contribution in [2.45, 2.75) is 45.9 Å². The molecular formula is C20H21ClF2N4O2. The Bertz CT molecular complexity index is 1080. The summed E-state index contributed by atoms with van der Waals surface area (Å²) in [5.41, 5.74) is 2.34. The summed E-state index contributed by atoms with van der Waals surface area (Å²) >= 11 is 6.00. The Morgan fingerprint density at radius 1 is 1.24 bits per heavy atom. The van der Waals surface area contributed by atoms with Gasteiger partial charge in [-0.05, 0) is 56.5 Å². The number of rotatable bonds is 6. The van der Waals surface area contributed by atoms with E-state index < -0.39 is 29.6 Å². The molecule has 3 aromatic rings. The van der Waals surface area contributed by atoms with Crippen LogP contribution in [0.4, 0.5) is 8.78 Å². The molecule has 3 rings (SSSR count). The van der Waals surface area contributed by atoms with Gasteiger partial charge in [0.25, 0.3) is 6.43 Å². The summed E-state index contributed by atoms with van der Waals surface area (Å²) in [5, 5.41) is 17.4. The van der Waals surface area contributed by atoms with Crippen molar-refractivity contribution in [2.24, 2.45) is 5.41 Å². The van der Waals surface area contributed by atoms with Crippen LogP contribution in [0.2, 0.25) is 0 Å². The Hall–Kier alpha value is -2.61. The highest BCUT2D eigenvalue weighted by Crippen LogP contribution is 2.42. The van der Waals surface area contributed by atoms with E-state index in [4.69, 9.17) is 11.6 Å². The molecule has 0 aliphatic rings. The van der Waals surface area contributed by atoms with Crippen molar-refractivity contribution >= 4 is 23.2 Å². The van der Waals surface area contributed by atoms with Crippen LogP contribution in [0, 0.1) is 19.3 Å². The maximum atomic E-state index is 13.2. The molecule has 3 aromatic heterocycles. The largest absolute Gasteiger partial charge is 0.481 e. The van der Waals surface area contributed by atoms with Gasteiger partial charge in [-0.2, -0.15) is 0 Å². The lowest BCUT2D eigenvalue weighted by Crippen LogP contribution is -2.33. The number of pyridine rings is 2. The number of fused-ring (bicyclic) bond motifs is 1. The van der Waals surface area contributed by atoms with E-state index in [1.807, 2.05) is 13.0 Å². The third-order valence-corrected chi connectivity index (χ3v) is 5.57. The number of aryl methyl sites for hydroxylation is 2. The zero-order valence-corrected chi connectivity index (χ0v) is 17.2. The van der Waals surface area contributed by atoms with Crippen molar-refractivity contribution in [3.05, 3.63) is 58.3 Å². The van der Waals surface area contributed by atoms with Crippen molar-refractivity contribution in [3.63, 3.8) is 0 Å². The number of carboxylic acid groups (broad SMARTS) is 1. The third kappa shape index (κ3) is 3.57. The summed E-state index contributed by atoms with van der Waals surface area (Å²) in [6, 6.07) is 5.26. The fourth-order valence-electron chi connectivity index (χ4n) is 3.50. The molecule has 3 heterocycles. The summed E-state index contributed by atoms with van der Waals surface area (Å²) in [5.74, 6) is -1.92. The van der Waals surface area contributed by atoms with Gasteiger partial charge < -0.3 is 5.11 Å². The second kappa shape index (κ2) is 7.67. The van der Waals surface area contributed by atoms with Crippen molar-refractivity contribution < 1.29 is 18.7 Å². The van der Waals surface area contributed by atoms with Crippen molar-refractivity contribution in [1.82, 2.24) is 19.6 Å². The Kier molecular flexibility index (Phi) is 5.58. The fraction of sp³-hybridized carbons (Fsp3) is 0.400. The lowest BCUT2D eigenvalue weighted by atomic mass is 9.72. The molecule has 1 N–H and O–H groups in total. The van der Waals surface area contributed by atoms with E-state index in [1.54, 1.807) is 32.9 Å². The molecule has 0 aliphatic heterocycles. The van der Waals surface area contributed by atoms with Gasteiger partial charge in [0.15, 0.2) is 5.65 Å². The maximum Gasteiger partial charge on any atom is 0.310 e. The van der Waals surface area contributed by atoms with Crippen LogP contribution in [0.15, 0.2) is 24.4 Å². The van der Waals surface area contributed by atoms with Gasteiger partial charge in [0.2, 0.25) is 5.82 Å². The second-order valence-electron chi connectivity index (χ2n) is 7.54. The van der Waals surface area contributed by atoms with Crippen LogP contribution in [0.25, 0.3) is 5.65 Å². The molecule has 0 bridgehead atoms. The Morgan fingerprint density at radius 3 is 2.52 bits per heavy atom. The minimum Gasteiger partial charge on any atom is -0.481 e. The molecule has 0 aromatic carbocycles. The number of carboxylic acids is 1. The molecule has 6 nitrogen and oxygen atoms in total. The summed E-state index contributed by atoms with van der Waals surface area (Å²) in [7, 11) is 0. The molecule has 0 amide bonds. The fourth-order valence-corrected chi connectivity index (χ4v) is 3.77. The van der Waals surface area contributed by atoms with Crippen LogP contribution < -0.4 is 0 Å². The van der Waals surface area contributed by atoms with Gasteiger partial charge in [-0.15, -0.1) is 21.8 Å². The quantitative estimate of drug-likeness (QED) is 0.584. The molecule has 154 valence electrons. The summed E-state index contributed by atoms with van der Waals surface area (Å²) < 4.78 is 27.6. The SMILES string of the molecule is Cc1ccc(C(c2ccn3c(C(F)F)nnc3c2C)C(C)(C)C(=O)O)nc1CCl. The van der Waals surface area contributed by atoms with Gasteiger partial charge in [-0.25, -0.2) is 8.78 Å². The highest BCUT2D eigenvalue weighted by Gasteiger charge is 2.41. The monoisotopic (exact) mass is 422 g/mol. The number of aliphatic carboxylic acids is 1. The van der Waals surface area contributed by atoms with Crippen LogP contribution >= 0.6 is 11.6 Å². The predicted octanol–water partition coefficient (Wildman–Crippen LogP) is 4.66. The van der Waals surface area contributed by atoms with E-state index >= 15 is 0 Å². The van der Waals surface area contributed by atoms with E-state index in [-0.39, 0.29) is 11.5 Å². The van der Waals surface area contributed by atoms with Gasteiger partial charge in [0, 0.05) is 17.8 Å². The lowest BCUT2D eigenvalue weighted by Gasteiger charge is -2.32. The average Bonchev–Trinajstić information content (AvgIpc) is 3.10. The highest BCUT2D eigenvalue weighted by atomic mass is 35.5. The Labute approximate surface area is 171 Å². The molecule has 0 aliphatic carbocycles. The number of hydrogen-bond donors (Lipinski definition) is 1. The summed E-state index contributed by atoms with van der Waals surface area (Å²) in [6.07, 6.45) is -1.33. The lowest BCUT2D eigenvalue weighted by molar-refractivity contribution is -0.147. The minimum atomic E-state index is -2.77. The Morgan fingerprint density at radius 2 is 1.93 bits per heavy atom. The first-order valence-electron chi connectivity index (χ1n) is 8.97. The van der Waals surface area contributed by atoms with Gasteiger partial charge in [0.05, 0.1) is 17.0 Å². The molecule has 1 atom stereocenters. The third-order valence-electron chi connectivity index (χ3n) is 5.32. The van der Waals surface area contributed by atoms with Gasteiger partial charge in [0.1, 0.15) is 0 Å². The zero-order chi connectivity index (χ0) is 21.5. The van der Waals surface area contributed by atoms with Crippen LogP contribution in [0.3, 0.4) is 0 Å². The van der Waals surface area contributed by atoms with Gasteiger partial charge in [-0.1, -0.05) is 6.07 Å². The second-order valence-corrected chi connectivity index (χ2v) is 7.81. The molecule has 0 spiro atoms. The van der Waals surface area contributed by atoms with Crippen LogP contribution in [0.1, 0.15) is 60.1 Å². The molecular weight excluding hydrogens is 402 g/mol. The van der Waals surface area contributed by atoms with Crippen molar-refractivity contribution in [2.75, 3.05) is 0 Å². The van der Waals surface area contributed by atoms with E-state index in [9.17, 15) is 18.7 Å². The number of hydrogen-bond acceptors (Lipinski definition) is 4. The van der Waals surface area contributed by atoms with E-state index in [2.05, 4.69) is 15.2 Å². The molecule has 0 radical (unpaired) electrons. The van der Waals surface area contributed by atoms with Crippen LogP contribution in [0.5, 0.6) is 0 Å². The normalized spacial score (nSPS) is 13.2. The van der Waals surface area contributed by atoms with Gasteiger partial charge >= 0.3 is 5.97 Å². The number of aromatic nitrogens is 4. The molecule has 0 fully saturated rings. The van der Waals surface area contributed by atoms with E-state index in [0.29, 0.717) is 22.5 Å². The number of halogens is 3. The molecule has 0 saturated carbocycles. The minimum absolute atomic E-state index is 0.194. The van der Waals surface area contributed by atoms with Crippen molar-refractivity contribution in [1.29, 1.82) is 0 Å².